The van der Waals surface area contributed by atoms with Crippen LogP contribution in [0.3, 0.4) is 0 Å². The van der Waals surface area contributed by atoms with Crippen molar-refractivity contribution in [2.75, 3.05) is 20.1 Å². The molecule has 1 saturated heterocycles. The van der Waals surface area contributed by atoms with Gasteiger partial charge in [-0.15, -0.1) is 0 Å². The van der Waals surface area contributed by atoms with E-state index in [0.29, 0.717) is 0 Å². The van der Waals surface area contributed by atoms with E-state index in [-0.39, 0.29) is 5.91 Å². The Morgan fingerprint density at radius 1 is 1.18 bits per heavy atom. The molecule has 1 fully saturated rings. The van der Waals surface area contributed by atoms with Crippen molar-refractivity contribution >= 4 is 5.91 Å². The Morgan fingerprint density at radius 2 is 1.64 bits per heavy atom. The number of amides is 1. The van der Waals surface area contributed by atoms with Gasteiger partial charge in [-0.1, -0.05) is 0 Å². The summed E-state index contributed by atoms with van der Waals surface area (Å²) in [5.74, 6) is 0.231. The van der Waals surface area contributed by atoms with E-state index in [1.54, 1.807) is 6.92 Å². The summed E-state index contributed by atoms with van der Waals surface area (Å²) in [5, 5.41) is 0. The fraction of sp³-hybridized carbons (Fsp3) is 0.875. The molecular weight excluding hydrogens is 140 g/mol. The van der Waals surface area contributed by atoms with E-state index in [2.05, 4.69) is 5.73 Å². The quantitative estimate of drug-likeness (QED) is 0.561. The minimum Gasteiger partial charge on any atom is -0.343 e. The summed E-state index contributed by atoms with van der Waals surface area (Å²) < 4.78 is 0. The maximum absolute atomic E-state index is 10.7. The molecule has 1 heterocycles. The minimum absolute atomic E-state index is 0.231. The van der Waals surface area contributed by atoms with Crippen molar-refractivity contribution < 1.29 is 4.79 Å². The second-order valence-corrected chi connectivity index (χ2v) is 2.57. The molecule has 0 aromatic carbocycles. The highest BCUT2D eigenvalue weighted by Gasteiger charge is 2.10. The standard InChI is InChI=1S/C7H13NO.CH5N/c1-7(9)8-5-3-2-4-6-8;1-2/h2-6H2,1H3;2H2,1H3. The highest BCUT2D eigenvalue weighted by molar-refractivity contribution is 5.73. The van der Waals surface area contributed by atoms with Crippen molar-refractivity contribution in [3.63, 3.8) is 0 Å². The zero-order valence-electron chi connectivity index (χ0n) is 7.47. The molecule has 0 saturated carbocycles. The summed E-state index contributed by atoms with van der Waals surface area (Å²) in [5.41, 5.74) is 4.50. The number of nitrogens with two attached hydrogens (primary N) is 1. The molecule has 0 aromatic rings. The van der Waals surface area contributed by atoms with Gasteiger partial charge in [-0.25, -0.2) is 0 Å². The lowest BCUT2D eigenvalue weighted by atomic mass is 10.1. The van der Waals surface area contributed by atoms with Crippen molar-refractivity contribution in [1.29, 1.82) is 0 Å². The largest absolute Gasteiger partial charge is 0.343 e. The highest BCUT2D eigenvalue weighted by Crippen LogP contribution is 2.07. The Kier molecular flexibility index (Phi) is 5.84. The van der Waals surface area contributed by atoms with E-state index in [4.69, 9.17) is 0 Å². The molecular formula is C8H18N2O. The molecule has 66 valence electrons. The van der Waals surface area contributed by atoms with E-state index in [1.165, 1.54) is 26.3 Å². The Bertz CT molecular complexity index is 109. The number of hydrogen-bond donors (Lipinski definition) is 1. The molecule has 0 spiro atoms. The van der Waals surface area contributed by atoms with E-state index in [0.717, 1.165) is 13.1 Å². The van der Waals surface area contributed by atoms with Gasteiger partial charge in [0.1, 0.15) is 0 Å². The van der Waals surface area contributed by atoms with Crippen LogP contribution in [0.15, 0.2) is 0 Å². The average Bonchev–Trinajstić information content (AvgIpc) is 2.10. The van der Waals surface area contributed by atoms with Crippen LogP contribution < -0.4 is 5.73 Å². The fourth-order valence-corrected chi connectivity index (χ4v) is 1.21. The number of piperidine rings is 1. The molecule has 11 heavy (non-hydrogen) atoms. The van der Waals surface area contributed by atoms with Gasteiger partial charge in [0.25, 0.3) is 0 Å². The third kappa shape index (κ3) is 3.98. The van der Waals surface area contributed by atoms with Gasteiger partial charge < -0.3 is 10.6 Å². The van der Waals surface area contributed by atoms with Crippen LogP contribution in [0, 0.1) is 0 Å². The monoisotopic (exact) mass is 158 g/mol. The normalized spacial score (nSPS) is 16.8. The average molecular weight is 158 g/mol. The summed E-state index contributed by atoms with van der Waals surface area (Å²) in [6.45, 7) is 3.61. The van der Waals surface area contributed by atoms with Gasteiger partial charge in [-0.3, -0.25) is 4.79 Å². The van der Waals surface area contributed by atoms with Gasteiger partial charge in [-0.05, 0) is 26.3 Å². The van der Waals surface area contributed by atoms with Crippen LogP contribution in [0.25, 0.3) is 0 Å². The summed E-state index contributed by atoms with van der Waals surface area (Å²) >= 11 is 0. The second kappa shape index (κ2) is 6.16. The zero-order chi connectivity index (χ0) is 8.69. The molecule has 0 bridgehead atoms. The van der Waals surface area contributed by atoms with Crippen molar-refractivity contribution in [3.8, 4) is 0 Å². The first kappa shape index (κ1) is 10.4. The number of hydrogen-bond acceptors (Lipinski definition) is 2. The van der Waals surface area contributed by atoms with Crippen molar-refractivity contribution in [3.05, 3.63) is 0 Å². The SMILES string of the molecule is CC(=O)N1CCCCC1.CN. The van der Waals surface area contributed by atoms with Crippen LogP contribution in [0.1, 0.15) is 26.2 Å². The summed E-state index contributed by atoms with van der Waals surface area (Å²) in [7, 11) is 1.50. The molecule has 1 aliphatic rings. The molecule has 1 amide bonds. The highest BCUT2D eigenvalue weighted by atomic mass is 16.2. The molecule has 0 atom stereocenters. The van der Waals surface area contributed by atoms with E-state index >= 15 is 0 Å². The lowest BCUT2D eigenvalue weighted by Crippen LogP contribution is -2.33. The van der Waals surface area contributed by atoms with Gasteiger partial charge in [0, 0.05) is 20.0 Å². The van der Waals surface area contributed by atoms with Crippen LogP contribution in [-0.4, -0.2) is 30.9 Å². The Labute approximate surface area is 68.6 Å². The van der Waals surface area contributed by atoms with Crippen molar-refractivity contribution in [1.82, 2.24) is 4.90 Å². The van der Waals surface area contributed by atoms with Crippen molar-refractivity contribution in [2.45, 2.75) is 26.2 Å². The zero-order valence-corrected chi connectivity index (χ0v) is 7.47. The maximum Gasteiger partial charge on any atom is 0.219 e. The Balaban J connectivity index is 0.000000461. The molecule has 0 radical (unpaired) electrons. The van der Waals surface area contributed by atoms with E-state index in [1.807, 2.05) is 4.90 Å². The van der Waals surface area contributed by atoms with Crippen LogP contribution >= 0.6 is 0 Å². The lowest BCUT2D eigenvalue weighted by molar-refractivity contribution is -0.129. The smallest absolute Gasteiger partial charge is 0.219 e. The first-order valence-corrected chi connectivity index (χ1v) is 4.14. The van der Waals surface area contributed by atoms with Gasteiger partial charge in [-0.2, -0.15) is 0 Å². The lowest BCUT2D eigenvalue weighted by Gasteiger charge is -2.24. The molecule has 0 aromatic heterocycles. The fourth-order valence-electron chi connectivity index (χ4n) is 1.21. The van der Waals surface area contributed by atoms with Gasteiger partial charge in [0.15, 0.2) is 0 Å². The molecule has 3 nitrogen and oxygen atoms in total. The predicted molar refractivity (Wildman–Crippen MR) is 46.2 cm³/mol. The number of rotatable bonds is 0. The third-order valence-corrected chi connectivity index (χ3v) is 1.80. The number of carbonyl (C=O) groups excluding carboxylic acids is 1. The molecule has 2 N–H and O–H groups in total. The Hall–Kier alpha value is -0.570. The first-order valence-electron chi connectivity index (χ1n) is 4.14. The molecule has 1 rings (SSSR count). The molecule has 0 aliphatic carbocycles. The van der Waals surface area contributed by atoms with Gasteiger partial charge in [0.2, 0.25) is 5.91 Å². The van der Waals surface area contributed by atoms with E-state index in [9.17, 15) is 4.79 Å². The number of carbonyl (C=O) groups is 1. The first-order chi connectivity index (χ1) is 5.30. The second-order valence-electron chi connectivity index (χ2n) is 2.57. The summed E-state index contributed by atoms with van der Waals surface area (Å²) in [6.07, 6.45) is 3.68. The Morgan fingerprint density at radius 3 is 1.91 bits per heavy atom. The van der Waals surface area contributed by atoms with Crippen LogP contribution in [0.4, 0.5) is 0 Å². The van der Waals surface area contributed by atoms with E-state index < -0.39 is 0 Å². The van der Waals surface area contributed by atoms with Gasteiger partial charge >= 0.3 is 0 Å². The molecule has 1 aliphatic heterocycles. The van der Waals surface area contributed by atoms with Crippen molar-refractivity contribution in [2.24, 2.45) is 5.73 Å². The maximum atomic E-state index is 10.7. The summed E-state index contributed by atoms with van der Waals surface area (Å²) in [6, 6.07) is 0. The number of nitrogens with zero attached hydrogens (tertiary/aromatic N) is 1. The van der Waals surface area contributed by atoms with Crippen LogP contribution in [-0.2, 0) is 4.79 Å². The third-order valence-electron chi connectivity index (χ3n) is 1.80. The van der Waals surface area contributed by atoms with Gasteiger partial charge in [0.05, 0.1) is 0 Å². The molecule has 3 heteroatoms. The number of likely N-dealkylation sites (tertiary alicyclic amines) is 1. The summed E-state index contributed by atoms with van der Waals surface area (Å²) in [4.78, 5) is 12.6. The molecule has 0 unspecified atom stereocenters. The minimum atomic E-state index is 0.231. The topological polar surface area (TPSA) is 46.3 Å². The predicted octanol–water partition coefficient (Wildman–Crippen LogP) is 0.594. The van der Waals surface area contributed by atoms with Crippen LogP contribution in [0.2, 0.25) is 0 Å². The van der Waals surface area contributed by atoms with Crippen LogP contribution in [0.5, 0.6) is 0 Å².